The summed E-state index contributed by atoms with van der Waals surface area (Å²) in [6, 6.07) is 38.5. The largest absolute Gasteiger partial charge is 0.0622 e. The van der Waals surface area contributed by atoms with Gasteiger partial charge in [0, 0.05) is 0 Å². The second-order valence-electron chi connectivity index (χ2n) is 5.85. The topological polar surface area (TPSA) is 0 Å². The first-order chi connectivity index (χ1) is 11.9. The molecule has 24 heavy (non-hydrogen) atoms. The van der Waals surface area contributed by atoms with Gasteiger partial charge in [0.05, 0.1) is 0 Å². The highest BCUT2D eigenvalue weighted by atomic mass is 14.1. The van der Waals surface area contributed by atoms with Gasteiger partial charge in [0.1, 0.15) is 0 Å². The van der Waals surface area contributed by atoms with Crippen LogP contribution in [0.2, 0.25) is 0 Å². The minimum Gasteiger partial charge on any atom is -0.0622 e. The molecule has 0 amide bonds. The van der Waals surface area contributed by atoms with Crippen molar-refractivity contribution < 1.29 is 0 Å². The van der Waals surface area contributed by atoms with E-state index in [1.165, 1.54) is 33.4 Å². The zero-order valence-electron chi connectivity index (χ0n) is 13.4. The predicted molar refractivity (Wildman–Crippen MR) is 103 cm³/mol. The Hall–Kier alpha value is -3.12. The van der Waals surface area contributed by atoms with E-state index in [2.05, 4.69) is 103 Å². The van der Waals surface area contributed by atoms with E-state index >= 15 is 0 Å². The molecule has 114 valence electrons. The highest BCUT2D eigenvalue weighted by molar-refractivity contribution is 5.84. The van der Waals surface area contributed by atoms with Crippen LogP contribution in [0.3, 0.4) is 0 Å². The van der Waals surface area contributed by atoms with Crippen LogP contribution in [-0.2, 0) is 0 Å². The van der Waals surface area contributed by atoms with Gasteiger partial charge in [-0.15, -0.1) is 0 Å². The molecule has 0 aromatic heterocycles. The summed E-state index contributed by atoms with van der Waals surface area (Å²) in [5.41, 5.74) is 7.53. The van der Waals surface area contributed by atoms with E-state index in [1.807, 2.05) is 6.07 Å². The summed E-state index contributed by atoms with van der Waals surface area (Å²) in [4.78, 5) is 0. The van der Waals surface area contributed by atoms with Crippen molar-refractivity contribution in [2.45, 2.75) is 0 Å². The van der Waals surface area contributed by atoms with Gasteiger partial charge in [0.25, 0.3) is 0 Å². The molecule has 0 atom stereocenters. The molecule has 0 aliphatic heterocycles. The molecule has 0 saturated heterocycles. The monoisotopic (exact) mass is 306 g/mol. The Morgan fingerprint density at radius 1 is 0.250 bits per heavy atom. The lowest BCUT2D eigenvalue weighted by molar-refractivity contribution is 1.57. The van der Waals surface area contributed by atoms with Crippen LogP contribution in [0, 0.1) is 0 Å². The second-order valence-corrected chi connectivity index (χ2v) is 5.85. The normalized spacial score (nSPS) is 10.5. The highest BCUT2D eigenvalue weighted by Crippen LogP contribution is 2.33. The minimum absolute atomic E-state index is 1.24. The lowest BCUT2D eigenvalue weighted by Crippen LogP contribution is -1.85. The third-order valence-electron chi connectivity index (χ3n) is 4.31. The second kappa shape index (κ2) is 6.55. The van der Waals surface area contributed by atoms with Crippen molar-refractivity contribution in [3.05, 3.63) is 109 Å². The SMILES string of the molecule is c1ccc(-c2ccc(-c3ccccc3-c3ccccc3)cc2)cc1. The number of benzene rings is 4. The maximum Gasteiger partial charge on any atom is -0.0105 e. The Bertz CT molecular complexity index is 920. The zero-order valence-corrected chi connectivity index (χ0v) is 13.4. The summed E-state index contributed by atoms with van der Waals surface area (Å²) in [6.07, 6.45) is 0. The molecule has 0 radical (unpaired) electrons. The molecule has 0 nitrogen and oxygen atoms in total. The van der Waals surface area contributed by atoms with E-state index in [9.17, 15) is 0 Å². The Morgan fingerprint density at radius 2 is 0.583 bits per heavy atom. The fourth-order valence-electron chi connectivity index (χ4n) is 3.08. The molecule has 0 N–H and O–H groups in total. The van der Waals surface area contributed by atoms with Crippen LogP contribution in [0.1, 0.15) is 0 Å². The standard InChI is InChI=1S/C24H18/c1-3-9-19(10-4-1)20-15-17-22(18-16-20)24-14-8-7-13-23(24)21-11-5-2-6-12-21/h1-18H. The summed E-state index contributed by atoms with van der Waals surface area (Å²) in [5.74, 6) is 0. The van der Waals surface area contributed by atoms with Gasteiger partial charge in [-0.25, -0.2) is 0 Å². The molecular weight excluding hydrogens is 288 g/mol. The van der Waals surface area contributed by atoms with Crippen molar-refractivity contribution in [1.82, 2.24) is 0 Å². The molecule has 0 unspecified atom stereocenters. The lowest BCUT2D eigenvalue weighted by Gasteiger charge is -2.11. The quantitative estimate of drug-likeness (QED) is 0.395. The van der Waals surface area contributed by atoms with Crippen LogP contribution >= 0.6 is 0 Å². The molecule has 0 aliphatic carbocycles. The summed E-state index contributed by atoms with van der Waals surface area (Å²) >= 11 is 0. The van der Waals surface area contributed by atoms with Crippen LogP contribution in [0.15, 0.2) is 109 Å². The third-order valence-corrected chi connectivity index (χ3v) is 4.31. The van der Waals surface area contributed by atoms with Crippen LogP contribution < -0.4 is 0 Å². The summed E-state index contributed by atoms with van der Waals surface area (Å²) in [7, 11) is 0. The molecule has 4 rings (SSSR count). The molecule has 4 aromatic rings. The zero-order chi connectivity index (χ0) is 16.2. The van der Waals surface area contributed by atoms with Crippen molar-refractivity contribution in [1.29, 1.82) is 0 Å². The van der Waals surface area contributed by atoms with Gasteiger partial charge in [-0.2, -0.15) is 0 Å². The smallest absolute Gasteiger partial charge is 0.0105 e. The van der Waals surface area contributed by atoms with Crippen molar-refractivity contribution in [2.75, 3.05) is 0 Å². The first-order valence-corrected chi connectivity index (χ1v) is 8.22. The van der Waals surface area contributed by atoms with Gasteiger partial charge in [0.2, 0.25) is 0 Å². The summed E-state index contributed by atoms with van der Waals surface area (Å²) in [5, 5.41) is 0. The minimum atomic E-state index is 1.24. The first kappa shape index (κ1) is 14.5. The van der Waals surface area contributed by atoms with E-state index < -0.39 is 0 Å². The fraction of sp³-hybridized carbons (Fsp3) is 0. The van der Waals surface area contributed by atoms with Crippen molar-refractivity contribution >= 4 is 0 Å². The highest BCUT2D eigenvalue weighted by Gasteiger charge is 2.06. The molecule has 0 fully saturated rings. The van der Waals surface area contributed by atoms with Gasteiger partial charge in [-0.3, -0.25) is 0 Å². The van der Waals surface area contributed by atoms with Gasteiger partial charge in [-0.05, 0) is 33.4 Å². The van der Waals surface area contributed by atoms with E-state index in [4.69, 9.17) is 0 Å². The molecule has 0 heterocycles. The Morgan fingerprint density at radius 3 is 1.12 bits per heavy atom. The third kappa shape index (κ3) is 2.87. The molecule has 0 spiro atoms. The number of hydrogen-bond donors (Lipinski definition) is 0. The van der Waals surface area contributed by atoms with E-state index in [1.54, 1.807) is 0 Å². The van der Waals surface area contributed by atoms with Gasteiger partial charge in [-0.1, -0.05) is 109 Å². The summed E-state index contributed by atoms with van der Waals surface area (Å²) < 4.78 is 0. The molecule has 0 aliphatic rings. The Labute approximate surface area is 143 Å². The lowest BCUT2D eigenvalue weighted by atomic mass is 9.93. The molecular formula is C24H18. The molecule has 0 bridgehead atoms. The maximum atomic E-state index is 2.21. The van der Waals surface area contributed by atoms with E-state index in [0.717, 1.165) is 0 Å². The van der Waals surface area contributed by atoms with Crippen molar-refractivity contribution in [2.24, 2.45) is 0 Å². The Kier molecular flexibility index (Phi) is 3.95. The first-order valence-electron chi connectivity index (χ1n) is 8.22. The van der Waals surface area contributed by atoms with Crippen molar-refractivity contribution in [3.8, 4) is 33.4 Å². The van der Waals surface area contributed by atoms with Crippen LogP contribution in [0.4, 0.5) is 0 Å². The van der Waals surface area contributed by atoms with Crippen LogP contribution in [0.5, 0.6) is 0 Å². The molecule has 0 heteroatoms. The van der Waals surface area contributed by atoms with Gasteiger partial charge < -0.3 is 0 Å². The average molecular weight is 306 g/mol. The number of rotatable bonds is 3. The average Bonchev–Trinajstić information content (AvgIpc) is 2.69. The van der Waals surface area contributed by atoms with E-state index in [0.29, 0.717) is 0 Å². The maximum absolute atomic E-state index is 2.21. The van der Waals surface area contributed by atoms with Crippen LogP contribution in [0.25, 0.3) is 33.4 Å². The van der Waals surface area contributed by atoms with Gasteiger partial charge in [0.15, 0.2) is 0 Å². The van der Waals surface area contributed by atoms with Crippen LogP contribution in [-0.4, -0.2) is 0 Å². The summed E-state index contributed by atoms with van der Waals surface area (Å²) in [6.45, 7) is 0. The number of hydrogen-bond acceptors (Lipinski definition) is 0. The van der Waals surface area contributed by atoms with Gasteiger partial charge >= 0.3 is 0 Å². The van der Waals surface area contributed by atoms with Crippen molar-refractivity contribution in [3.63, 3.8) is 0 Å². The molecule has 0 saturated carbocycles. The fourth-order valence-corrected chi connectivity index (χ4v) is 3.08. The van der Waals surface area contributed by atoms with E-state index in [-0.39, 0.29) is 0 Å². The Balaban J connectivity index is 1.75. The predicted octanol–water partition coefficient (Wildman–Crippen LogP) is 6.69. The molecule has 4 aromatic carbocycles.